The van der Waals surface area contributed by atoms with E-state index >= 15 is 0 Å². The number of nitrogens with one attached hydrogen (secondary N) is 2. The molecule has 1 aromatic carbocycles. The Balaban J connectivity index is 1.73. The second-order valence-corrected chi connectivity index (χ2v) is 9.27. The molecule has 0 saturated heterocycles. The van der Waals surface area contributed by atoms with Gasteiger partial charge in [0.25, 0.3) is 0 Å². The summed E-state index contributed by atoms with van der Waals surface area (Å²) < 4.78 is 33.8. The van der Waals surface area contributed by atoms with Gasteiger partial charge in [0.1, 0.15) is 5.82 Å². The van der Waals surface area contributed by atoms with E-state index in [0.717, 1.165) is 23.2 Å². The molecule has 0 aliphatic rings. The third-order valence-electron chi connectivity index (χ3n) is 4.51. The van der Waals surface area contributed by atoms with Crippen LogP contribution in [-0.4, -0.2) is 38.1 Å². The maximum Gasteiger partial charge on any atom is 0.240 e. The molecule has 0 aliphatic carbocycles. The molecule has 0 bridgehead atoms. The molecular formula is C21H26N4O3S2. The van der Waals surface area contributed by atoms with Crippen LogP contribution in [0.3, 0.4) is 0 Å². The zero-order valence-electron chi connectivity index (χ0n) is 17.0. The monoisotopic (exact) mass is 446 g/mol. The van der Waals surface area contributed by atoms with E-state index in [1.54, 1.807) is 37.0 Å². The first-order valence-corrected chi connectivity index (χ1v) is 12.1. The average Bonchev–Trinajstić information content (AvgIpc) is 3.27. The highest BCUT2D eigenvalue weighted by molar-refractivity contribution is 7.89. The number of ether oxygens (including phenoxy) is 1. The molecule has 0 radical (unpaired) electrons. The average molecular weight is 447 g/mol. The molecule has 1 unspecified atom stereocenters. The maximum atomic E-state index is 12.9. The van der Waals surface area contributed by atoms with E-state index in [2.05, 4.69) is 20.0 Å². The number of hydrogen-bond acceptors (Lipinski definition) is 7. The summed E-state index contributed by atoms with van der Waals surface area (Å²) in [6, 6.07) is 10.3. The van der Waals surface area contributed by atoms with Crippen LogP contribution in [0.4, 0.5) is 5.82 Å². The van der Waals surface area contributed by atoms with Crippen molar-refractivity contribution in [1.82, 2.24) is 14.7 Å². The van der Waals surface area contributed by atoms with Gasteiger partial charge in [-0.1, -0.05) is 25.5 Å². The first kappa shape index (κ1) is 22.4. The lowest BCUT2D eigenvalue weighted by atomic mass is 10.1. The van der Waals surface area contributed by atoms with Crippen LogP contribution in [0.5, 0.6) is 0 Å². The molecule has 2 aromatic heterocycles. The van der Waals surface area contributed by atoms with Crippen LogP contribution in [0.25, 0.3) is 11.3 Å². The number of pyridine rings is 1. The largest absolute Gasteiger partial charge is 0.380 e. The molecule has 0 amide bonds. The fraction of sp³-hybridized carbons (Fsp3) is 0.333. The molecule has 0 saturated carbocycles. The summed E-state index contributed by atoms with van der Waals surface area (Å²) in [4.78, 5) is 9.00. The molecule has 160 valence electrons. The van der Waals surface area contributed by atoms with E-state index in [-0.39, 0.29) is 10.9 Å². The standard InChI is InChI=1S/C21H26N4O3S2/c1-3-6-17(25-30(26,27)18-8-4-7-16(11-18)13-28-2)12-23-21-19(9-5-10-22-21)20-14-29-15-24-20/h4-5,7-11,14-15,17,25H,3,6,12-13H2,1-2H3,(H,22,23). The lowest BCUT2D eigenvalue weighted by Crippen LogP contribution is -2.39. The van der Waals surface area contributed by atoms with Gasteiger partial charge < -0.3 is 10.1 Å². The number of rotatable bonds is 11. The number of anilines is 1. The Kier molecular flexibility index (Phi) is 7.92. The summed E-state index contributed by atoms with van der Waals surface area (Å²) in [5, 5.41) is 5.26. The van der Waals surface area contributed by atoms with Crippen molar-refractivity contribution in [2.45, 2.75) is 37.3 Å². The molecule has 0 aliphatic heterocycles. The number of aromatic nitrogens is 2. The minimum absolute atomic E-state index is 0.235. The molecule has 9 heteroatoms. The molecule has 1 atom stereocenters. The molecule has 0 fully saturated rings. The topological polar surface area (TPSA) is 93.2 Å². The number of thiazole rings is 1. The highest BCUT2D eigenvalue weighted by Gasteiger charge is 2.20. The van der Waals surface area contributed by atoms with Crippen molar-refractivity contribution in [2.24, 2.45) is 0 Å². The van der Waals surface area contributed by atoms with Gasteiger partial charge in [0.15, 0.2) is 0 Å². The number of hydrogen-bond donors (Lipinski definition) is 2. The first-order valence-electron chi connectivity index (χ1n) is 9.71. The van der Waals surface area contributed by atoms with Gasteiger partial charge in [-0.3, -0.25) is 0 Å². The smallest absolute Gasteiger partial charge is 0.240 e. The summed E-state index contributed by atoms with van der Waals surface area (Å²) in [6.07, 6.45) is 3.25. The quantitative estimate of drug-likeness (QED) is 0.464. The van der Waals surface area contributed by atoms with Crippen LogP contribution in [0.2, 0.25) is 0 Å². The molecule has 0 spiro atoms. The van der Waals surface area contributed by atoms with E-state index in [9.17, 15) is 8.42 Å². The second-order valence-electron chi connectivity index (χ2n) is 6.84. The third kappa shape index (κ3) is 5.85. The summed E-state index contributed by atoms with van der Waals surface area (Å²) >= 11 is 1.52. The highest BCUT2D eigenvalue weighted by atomic mass is 32.2. The van der Waals surface area contributed by atoms with E-state index in [1.165, 1.54) is 11.3 Å². The zero-order chi connectivity index (χ0) is 21.4. The number of benzene rings is 1. The van der Waals surface area contributed by atoms with E-state index in [1.807, 2.05) is 30.5 Å². The minimum Gasteiger partial charge on any atom is -0.380 e. The lowest BCUT2D eigenvalue weighted by molar-refractivity contribution is 0.184. The van der Waals surface area contributed by atoms with Gasteiger partial charge in [-0.05, 0) is 36.2 Å². The minimum atomic E-state index is -3.66. The summed E-state index contributed by atoms with van der Waals surface area (Å²) in [6.45, 7) is 2.81. The molecule has 7 nitrogen and oxygen atoms in total. The predicted octanol–water partition coefficient (Wildman–Crippen LogP) is 3.91. The SMILES string of the molecule is CCCC(CNc1ncccc1-c1cscn1)NS(=O)(=O)c1cccc(COC)c1. The van der Waals surface area contributed by atoms with Gasteiger partial charge in [-0.2, -0.15) is 0 Å². The van der Waals surface area contributed by atoms with Crippen molar-refractivity contribution in [2.75, 3.05) is 19.0 Å². The van der Waals surface area contributed by atoms with Crippen LogP contribution in [0, 0.1) is 0 Å². The maximum absolute atomic E-state index is 12.9. The van der Waals surface area contributed by atoms with Crippen LogP contribution in [0.15, 0.2) is 58.4 Å². The van der Waals surface area contributed by atoms with Gasteiger partial charge in [-0.15, -0.1) is 11.3 Å². The molecular weight excluding hydrogens is 420 g/mol. The molecule has 3 rings (SSSR count). The Morgan fingerprint density at radius 3 is 2.80 bits per heavy atom. The lowest BCUT2D eigenvalue weighted by Gasteiger charge is -2.20. The first-order chi connectivity index (χ1) is 14.5. The Labute approximate surface area is 181 Å². The second kappa shape index (κ2) is 10.6. The predicted molar refractivity (Wildman–Crippen MR) is 120 cm³/mol. The van der Waals surface area contributed by atoms with Crippen molar-refractivity contribution >= 4 is 27.2 Å². The third-order valence-corrected chi connectivity index (χ3v) is 6.62. The zero-order valence-corrected chi connectivity index (χ0v) is 18.7. The normalized spacial score (nSPS) is 12.6. The van der Waals surface area contributed by atoms with Crippen LogP contribution in [-0.2, 0) is 21.4 Å². The van der Waals surface area contributed by atoms with Crippen molar-refractivity contribution < 1.29 is 13.2 Å². The molecule has 2 heterocycles. The van der Waals surface area contributed by atoms with Crippen molar-refractivity contribution in [3.63, 3.8) is 0 Å². The van der Waals surface area contributed by atoms with Crippen LogP contribution < -0.4 is 10.0 Å². The van der Waals surface area contributed by atoms with Crippen molar-refractivity contribution in [3.8, 4) is 11.3 Å². The van der Waals surface area contributed by atoms with Crippen LogP contribution in [0.1, 0.15) is 25.3 Å². The Hall–Kier alpha value is -2.33. The fourth-order valence-electron chi connectivity index (χ4n) is 3.13. The van der Waals surface area contributed by atoms with Gasteiger partial charge in [0.05, 0.1) is 22.7 Å². The van der Waals surface area contributed by atoms with Gasteiger partial charge in [0, 0.05) is 36.8 Å². The van der Waals surface area contributed by atoms with Gasteiger partial charge in [-0.25, -0.2) is 23.1 Å². The van der Waals surface area contributed by atoms with Gasteiger partial charge >= 0.3 is 0 Å². The van der Waals surface area contributed by atoms with E-state index in [0.29, 0.717) is 25.4 Å². The number of sulfonamides is 1. The summed E-state index contributed by atoms with van der Waals surface area (Å²) in [5.41, 5.74) is 4.33. The molecule has 30 heavy (non-hydrogen) atoms. The van der Waals surface area contributed by atoms with E-state index < -0.39 is 10.0 Å². The Morgan fingerprint density at radius 2 is 2.07 bits per heavy atom. The van der Waals surface area contributed by atoms with E-state index in [4.69, 9.17) is 4.74 Å². The molecule has 3 aromatic rings. The highest BCUT2D eigenvalue weighted by Crippen LogP contribution is 2.25. The van der Waals surface area contributed by atoms with Crippen LogP contribution >= 0.6 is 11.3 Å². The fourth-order valence-corrected chi connectivity index (χ4v) is 5.02. The van der Waals surface area contributed by atoms with Crippen molar-refractivity contribution in [1.29, 1.82) is 0 Å². The molecule has 2 N–H and O–H groups in total. The van der Waals surface area contributed by atoms with Crippen molar-refractivity contribution in [3.05, 3.63) is 59.0 Å². The summed E-state index contributed by atoms with van der Waals surface area (Å²) in [5.74, 6) is 0.686. The summed E-state index contributed by atoms with van der Waals surface area (Å²) in [7, 11) is -2.07. The Morgan fingerprint density at radius 1 is 1.20 bits per heavy atom. The number of nitrogens with zero attached hydrogens (tertiary/aromatic N) is 2. The number of methoxy groups -OCH3 is 1. The van der Waals surface area contributed by atoms with Gasteiger partial charge in [0.2, 0.25) is 10.0 Å². The Bertz CT molecular complexity index is 1040.